The molecule has 1 aliphatic heterocycles. The third-order valence-electron chi connectivity index (χ3n) is 3.76. The minimum Gasteiger partial charge on any atom is -0.479 e. The predicted octanol–water partition coefficient (Wildman–Crippen LogP) is 1.29. The Labute approximate surface area is 129 Å². The van der Waals surface area contributed by atoms with Crippen molar-refractivity contribution in [1.82, 2.24) is 15.0 Å². The number of carboxylic acids is 1. The van der Waals surface area contributed by atoms with Crippen LogP contribution in [0.3, 0.4) is 0 Å². The molecular formula is C14H14FN3O5. The van der Waals surface area contributed by atoms with Crippen molar-refractivity contribution in [2.45, 2.75) is 24.9 Å². The zero-order valence-electron chi connectivity index (χ0n) is 12.1. The summed E-state index contributed by atoms with van der Waals surface area (Å²) in [5.74, 6) is -1.24. The lowest BCUT2D eigenvalue weighted by Crippen LogP contribution is -2.38. The first-order valence-corrected chi connectivity index (χ1v) is 7.03. The maximum atomic E-state index is 13.9. The highest BCUT2D eigenvalue weighted by molar-refractivity contribution is 5.82. The van der Waals surface area contributed by atoms with E-state index in [0.29, 0.717) is 11.4 Å². The predicted molar refractivity (Wildman–Crippen MR) is 73.0 cm³/mol. The molecule has 9 heteroatoms. The van der Waals surface area contributed by atoms with E-state index < -0.39 is 18.2 Å². The van der Waals surface area contributed by atoms with E-state index in [9.17, 15) is 14.0 Å². The third kappa shape index (κ3) is 3.08. The van der Waals surface area contributed by atoms with Gasteiger partial charge >= 0.3 is 5.97 Å². The van der Waals surface area contributed by atoms with E-state index in [2.05, 4.69) is 10.1 Å². The second-order valence-electron chi connectivity index (χ2n) is 5.36. The van der Waals surface area contributed by atoms with Crippen molar-refractivity contribution < 1.29 is 28.0 Å². The van der Waals surface area contributed by atoms with Crippen molar-refractivity contribution in [3.63, 3.8) is 0 Å². The molecule has 3 rings (SSSR count). The SMILES string of the molecule is O=C(CCc1nc(-c2ccoc2)no1)N1CCC(F)(C(=O)O)C1. The number of likely N-dealkylation sites (tertiary alicyclic amines) is 1. The van der Waals surface area contributed by atoms with Gasteiger partial charge in [0.25, 0.3) is 0 Å². The number of aryl methyl sites for hydroxylation is 1. The average Bonchev–Trinajstić information content (AvgIpc) is 3.25. The van der Waals surface area contributed by atoms with Crippen molar-refractivity contribution in [3.8, 4) is 11.4 Å². The van der Waals surface area contributed by atoms with Crippen molar-refractivity contribution in [1.29, 1.82) is 0 Å². The largest absolute Gasteiger partial charge is 0.479 e. The number of carbonyl (C=O) groups is 2. The van der Waals surface area contributed by atoms with Crippen LogP contribution in [-0.4, -0.2) is 50.8 Å². The number of aromatic nitrogens is 2. The standard InChI is InChI=1S/C14H14FN3O5/c15-14(13(20)21)4-5-18(8-14)11(19)2-1-10-16-12(17-23-10)9-3-6-22-7-9/h3,6-7H,1-2,4-5,8H2,(H,20,21). The normalized spacial score (nSPS) is 20.8. The van der Waals surface area contributed by atoms with E-state index in [1.54, 1.807) is 6.07 Å². The number of alkyl halides is 1. The van der Waals surface area contributed by atoms with Crippen LogP contribution in [0.15, 0.2) is 27.5 Å². The molecule has 0 saturated carbocycles. The maximum absolute atomic E-state index is 13.9. The summed E-state index contributed by atoms with van der Waals surface area (Å²) in [6.07, 6.45) is 3.00. The number of furan rings is 1. The summed E-state index contributed by atoms with van der Waals surface area (Å²) in [5, 5.41) is 12.6. The van der Waals surface area contributed by atoms with Gasteiger partial charge in [-0.15, -0.1) is 0 Å². The number of rotatable bonds is 5. The molecule has 0 spiro atoms. The number of hydrogen-bond donors (Lipinski definition) is 1. The summed E-state index contributed by atoms with van der Waals surface area (Å²) >= 11 is 0. The van der Waals surface area contributed by atoms with E-state index in [0.717, 1.165) is 0 Å². The fourth-order valence-corrected chi connectivity index (χ4v) is 2.40. The molecule has 1 aliphatic rings. The number of amides is 1. The molecule has 1 fully saturated rings. The Morgan fingerprint density at radius 3 is 2.96 bits per heavy atom. The number of carbonyl (C=O) groups excluding carboxylic acids is 1. The average molecular weight is 323 g/mol. The van der Waals surface area contributed by atoms with Gasteiger partial charge < -0.3 is 18.9 Å². The Balaban J connectivity index is 1.55. The summed E-state index contributed by atoms with van der Waals surface area (Å²) in [6.45, 7) is -0.336. The van der Waals surface area contributed by atoms with Crippen LogP contribution in [0.4, 0.5) is 4.39 Å². The van der Waals surface area contributed by atoms with E-state index >= 15 is 0 Å². The lowest BCUT2D eigenvalue weighted by molar-refractivity contribution is -0.150. The Kier molecular flexibility index (Phi) is 3.85. The molecule has 1 atom stereocenters. The summed E-state index contributed by atoms with van der Waals surface area (Å²) in [7, 11) is 0. The highest BCUT2D eigenvalue weighted by atomic mass is 19.1. The Morgan fingerprint density at radius 1 is 1.48 bits per heavy atom. The van der Waals surface area contributed by atoms with Crippen molar-refractivity contribution >= 4 is 11.9 Å². The third-order valence-corrected chi connectivity index (χ3v) is 3.76. The van der Waals surface area contributed by atoms with Crippen molar-refractivity contribution in [2.75, 3.05) is 13.1 Å². The van der Waals surface area contributed by atoms with Crippen LogP contribution in [0.2, 0.25) is 0 Å². The van der Waals surface area contributed by atoms with Gasteiger partial charge in [0.15, 0.2) is 0 Å². The number of aliphatic carboxylic acids is 1. The van der Waals surface area contributed by atoms with Crippen LogP contribution in [0, 0.1) is 0 Å². The monoisotopic (exact) mass is 323 g/mol. The first kappa shape index (κ1) is 15.2. The Bertz CT molecular complexity index is 714. The van der Waals surface area contributed by atoms with Gasteiger partial charge in [-0.25, -0.2) is 9.18 Å². The number of nitrogens with zero attached hydrogens (tertiary/aromatic N) is 3. The van der Waals surface area contributed by atoms with Crippen LogP contribution in [0.5, 0.6) is 0 Å². The molecule has 2 aromatic rings. The van der Waals surface area contributed by atoms with Crippen molar-refractivity contribution in [3.05, 3.63) is 24.5 Å². The van der Waals surface area contributed by atoms with Crippen LogP contribution >= 0.6 is 0 Å². The fraction of sp³-hybridized carbons (Fsp3) is 0.429. The van der Waals surface area contributed by atoms with Gasteiger partial charge in [0.1, 0.15) is 6.26 Å². The smallest absolute Gasteiger partial charge is 0.343 e. The number of hydrogen-bond acceptors (Lipinski definition) is 6. The van der Waals surface area contributed by atoms with Gasteiger partial charge in [0.2, 0.25) is 23.3 Å². The van der Waals surface area contributed by atoms with Crippen molar-refractivity contribution in [2.24, 2.45) is 0 Å². The zero-order valence-corrected chi connectivity index (χ0v) is 12.1. The van der Waals surface area contributed by atoms with E-state index in [1.165, 1.54) is 17.4 Å². The van der Waals surface area contributed by atoms with Crippen LogP contribution in [0.1, 0.15) is 18.7 Å². The van der Waals surface area contributed by atoms with E-state index in [4.69, 9.17) is 14.0 Å². The van der Waals surface area contributed by atoms with Gasteiger partial charge in [0.05, 0.1) is 18.4 Å². The minimum absolute atomic E-state index is 0.0444. The molecule has 1 saturated heterocycles. The molecule has 122 valence electrons. The highest BCUT2D eigenvalue weighted by Crippen LogP contribution is 2.26. The zero-order chi connectivity index (χ0) is 16.4. The number of carboxylic acid groups (broad SMARTS) is 1. The molecular weight excluding hydrogens is 309 g/mol. The molecule has 0 aliphatic carbocycles. The van der Waals surface area contributed by atoms with Gasteiger partial charge in [-0.3, -0.25) is 4.79 Å². The lowest BCUT2D eigenvalue weighted by Gasteiger charge is -2.17. The first-order valence-electron chi connectivity index (χ1n) is 7.03. The molecule has 0 radical (unpaired) electrons. The molecule has 1 N–H and O–H groups in total. The van der Waals surface area contributed by atoms with Gasteiger partial charge in [0, 0.05) is 25.8 Å². The summed E-state index contributed by atoms with van der Waals surface area (Å²) in [6, 6.07) is 1.68. The summed E-state index contributed by atoms with van der Waals surface area (Å²) in [5.41, 5.74) is -1.69. The second-order valence-corrected chi connectivity index (χ2v) is 5.36. The molecule has 3 heterocycles. The molecule has 0 aromatic carbocycles. The quantitative estimate of drug-likeness (QED) is 0.882. The van der Waals surface area contributed by atoms with Gasteiger partial charge in [-0.1, -0.05) is 5.16 Å². The van der Waals surface area contributed by atoms with Crippen LogP contribution < -0.4 is 0 Å². The molecule has 8 nitrogen and oxygen atoms in total. The molecule has 23 heavy (non-hydrogen) atoms. The summed E-state index contributed by atoms with van der Waals surface area (Å²) in [4.78, 5) is 28.2. The second kappa shape index (κ2) is 5.82. The lowest BCUT2D eigenvalue weighted by atomic mass is 10.1. The van der Waals surface area contributed by atoms with E-state index in [1.807, 2.05) is 0 Å². The van der Waals surface area contributed by atoms with Gasteiger partial charge in [-0.05, 0) is 6.07 Å². The Morgan fingerprint density at radius 2 is 2.30 bits per heavy atom. The maximum Gasteiger partial charge on any atom is 0.343 e. The van der Waals surface area contributed by atoms with Crippen LogP contribution in [-0.2, 0) is 16.0 Å². The molecule has 1 amide bonds. The molecule has 2 aromatic heterocycles. The topological polar surface area (TPSA) is 110 Å². The van der Waals surface area contributed by atoms with E-state index in [-0.39, 0.29) is 37.6 Å². The highest BCUT2D eigenvalue weighted by Gasteiger charge is 2.46. The first-order chi connectivity index (χ1) is 11.0. The molecule has 1 unspecified atom stereocenters. The number of halogens is 1. The Hall–Kier alpha value is -2.71. The van der Waals surface area contributed by atoms with Gasteiger partial charge in [-0.2, -0.15) is 4.98 Å². The van der Waals surface area contributed by atoms with Crippen LogP contribution in [0.25, 0.3) is 11.4 Å². The fourth-order valence-electron chi connectivity index (χ4n) is 2.40. The summed E-state index contributed by atoms with van der Waals surface area (Å²) < 4.78 is 23.9. The molecule has 0 bridgehead atoms. The minimum atomic E-state index is -2.35.